The highest BCUT2D eigenvalue weighted by Crippen LogP contribution is 2.33. The lowest BCUT2D eigenvalue weighted by molar-refractivity contribution is -0.140. The molecular weight excluding hydrogens is 424 g/mol. The number of nitrogens with zero attached hydrogens (tertiary/aromatic N) is 3. The molecule has 1 unspecified atom stereocenters. The topological polar surface area (TPSA) is 58.1 Å². The van der Waals surface area contributed by atoms with Gasteiger partial charge in [-0.3, -0.25) is 4.79 Å². The Bertz CT molecular complexity index is 1090. The van der Waals surface area contributed by atoms with Crippen molar-refractivity contribution in [2.24, 2.45) is 5.92 Å². The minimum absolute atomic E-state index is 0.0899. The van der Waals surface area contributed by atoms with Crippen LogP contribution in [0.4, 0.5) is 29.1 Å². The van der Waals surface area contributed by atoms with Crippen LogP contribution in [0.3, 0.4) is 0 Å². The molecule has 5 nitrogen and oxygen atoms in total. The maximum absolute atomic E-state index is 13.5. The zero-order chi connectivity index (χ0) is 22.7. The van der Waals surface area contributed by atoms with E-state index in [2.05, 4.69) is 15.5 Å². The van der Waals surface area contributed by atoms with E-state index in [0.717, 1.165) is 23.7 Å². The van der Waals surface area contributed by atoms with Gasteiger partial charge in [0, 0.05) is 24.3 Å². The van der Waals surface area contributed by atoms with Gasteiger partial charge < -0.3 is 10.2 Å². The van der Waals surface area contributed by atoms with E-state index in [-0.39, 0.29) is 5.69 Å². The molecule has 0 radical (unpaired) electrons. The van der Waals surface area contributed by atoms with Crippen LogP contribution in [0.25, 0.3) is 11.3 Å². The summed E-state index contributed by atoms with van der Waals surface area (Å²) in [7, 11) is 0. The molecule has 1 amide bonds. The van der Waals surface area contributed by atoms with Gasteiger partial charge in [-0.05, 0) is 43.2 Å². The quantitative estimate of drug-likeness (QED) is 0.565. The van der Waals surface area contributed by atoms with E-state index in [1.807, 2.05) is 47.4 Å². The van der Waals surface area contributed by atoms with E-state index in [0.29, 0.717) is 37.5 Å². The van der Waals surface area contributed by atoms with Crippen LogP contribution in [0.15, 0.2) is 60.7 Å². The summed E-state index contributed by atoms with van der Waals surface area (Å²) < 4.78 is 52.3. The molecule has 1 N–H and O–H groups in total. The molecule has 0 saturated carbocycles. The molecule has 166 valence electrons. The van der Waals surface area contributed by atoms with Crippen molar-refractivity contribution in [2.75, 3.05) is 23.3 Å². The van der Waals surface area contributed by atoms with Gasteiger partial charge in [-0.15, -0.1) is 10.2 Å². The average Bonchev–Trinajstić information content (AvgIpc) is 2.80. The first-order valence-electron chi connectivity index (χ1n) is 10.1. The number of carbonyl (C=O) groups excluding carboxylic acids is 1. The summed E-state index contributed by atoms with van der Waals surface area (Å²) in [4.78, 5) is 14.6. The van der Waals surface area contributed by atoms with Gasteiger partial charge in [0.15, 0.2) is 5.82 Å². The molecule has 0 spiro atoms. The number of anilines is 2. The average molecular weight is 444 g/mol. The molecule has 1 fully saturated rings. The highest BCUT2D eigenvalue weighted by atomic mass is 19.4. The van der Waals surface area contributed by atoms with E-state index in [1.54, 1.807) is 0 Å². The Morgan fingerprint density at radius 3 is 2.50 bits per heavy atom. The molecule has 0 aliphatic carbocycles. The molecule has 2 heterocycles. The van der Waals surface area contributed by atoms with Gasteiger partial charge in [-0.1, -0.05) is 30.3 Å². The molecule has 9 heteroatoms. The van der Waals surface area contributed by atoms with Crippen molar-refractivity contribution in [3.05, 3.63) is 72.0 Å². The van der Waals surface area contributed by atoms with Crippen molar-refractivity contribution in [1.29, 1.82) is 0 Å². The number of hydrogen-bond acceptors (Lipinski definition) is 4. The fourth-order valence-corrected chi connectivity index (χ4v) is 3.72. The van der Waals surface area contributed by atoms with Crippen molar-refractivity contribution in [1.82, 2.24) is 10.2 Å². The molecule has 1 aliphatic rings. The maximum atomic E-state index is 13.5. The van der Waals surface area contributed by atoms with Crippen molar-refractivity contribution >= 4 is 17.4 Å². The Labute approximate surface area is 182 Å². The SMILES string of the molecule is O=C(Nc1ccc(F)c(C(F)(F)F)c1)C1CCCN(c2ccc(-c3ccccc3)nn2)C1. The standard InChI is InChI=1S/C23H20F4N4O/c24-19-9-8-17(13-18(19)23(25,26)27)28-22(32)16-7-4-12-31(14-16)21-11-10-20(29-30-21)15-5-2-1-3-6-15/h1-3,5-6,8-11,13,16H,4,7,12,14H2,(H,28,32). The van der Waals surface area contributed by atoms with Gasteiger partial charge in [0.1, 0.15) is 5.82 Å². The van der Waals surface area contributed by atoms with E-state index in [1.165, 1.54) is 0 Å². The number of piperidine rings is 1. The highest BCUT2D eigenvalue weighted by molar-refractivity contribution is 5.93. The highest BCUT2D eigenvalue weighted by Gasteiger charge is 2.34. The number of amides is 1. The number of hydrogen-bond donors (Lipinski definition) is 1. The first kappa shape index (κ1) is 21.7. The maximum Gasteiger partial charge on any atom is 0.419 e. The number of halogens is 4. The van der Waals surface area contributed by atoms with Crippen LogP contribution in [0.5, 0.6) is 0 Å². The van der Waals surface area contributed by atoms with Crippen LogP contribution in [-0.2, 0) is 11.0 Å². The molecule has 4 rings (SSSR count). The predicted octanol–water partition coefficient (Wildman–Crippen LogP) is 5.16. The van der Waals surface area contributed by atoms with Gasteiger partial charge >= 0.3 is 6.18 Å². The van der Waals surface area contributed by atoms with Crippen LogP contribution in [0.1, 0.15) is 18.4 Å². The monoisotopic (exact) mass is 444 g/mol. The van der Waals surface area contributed by atoms with Crippen LogP contribution < -0.4 is 10.2 Å². The van der Waals surface area contributed by atoms with Gasteiger partial charge in [-0.2, -0.15) is 13.2 Å². The molecular formula is C23H20F4N4O. The third kappa shape index (κ3) is 4.87. The summed E-state index contributed by atoms with van der Waals surface area (Å²) in [5, 5.41) is 11.0. The van der Waals surface area contributed by atoms with E-state index in [4.69, 9.17) is 0 Å². The first-order chi connectivity index (χ1) is 15.3. The molecule has 3 aromatic rings. The third-order valence-corrected chi connectivity index (χ3v) is 5.38. The summed E-state index contributed by atoms with van der Waals surface area (Å²) in [6.07, 6.45) is -3.53. The fourth-order valence-electron chi connectivity index (χ4n) is 3.72. The molecule has 32 heavy (non-hydrogen) atoms. The number of nitrogens with one attached hydrogen (secondary N) is 1. The van der Waals surface area contributed by atoms with Gasteiger partial charge in [-0.25, -0.2) is 4.39 Å². The molecule has 0 bridgehead atoms. The van der Waals surface area contributed by atoms with E-state index in [9.17, 15) is 22.4 Å². The minimum Gasteiger partial charge on any atom is -0.354 e. The van der Waals surface area contributed by atoms with Crippen molar-refractivity contribution in [3.8, 4) is 11.3 Å². The van der Waals surface area contributed by atoms with E-state index < -0.39 is 29.4 Å². The van der Waals surface area contributed by atoms with Crippen molar-refractivity contribution in [2.45, 2.75) is 19.0 Å². The Balaban J connectivity index is 1.43. The van der Waals surface area contributed by atoms with Crippen LogP contribution in [-0.4, -0.2) is 29.2 Å². The molecule has 1 atom stereocenters. The Kier molecular flexibility index (Phi) is 6.07. The normalized spacial score (nSPS) is 16.6. The molecule has 2 aromatic carbocycles. The zero-order valence-corrected chi connectivity index (χ0v) is 16.9. The van der Waals surface area contributed by atoms with Crippen molar-refractivity contribution in [3.63, 3.8) is 0 Å². The largest absolute Gasteiger partial charge is 0.419 e. The van der Waals surface area contributed by atoms with Crippen LogP contribution in [0.2, 0.25) is 0 Å². The third-order valence-electron chi connectivity index (χ3n) is 5.38. The van der Waals surface area contributed by atoms with Gasteiger partial charge in [0.25, 0.3) is 0 Å². The summed E-state index contributed by atoms with van der Waals surface area (Å²) in [6.45, 7) is 1.05. The number of benzene rings is 2. The second-order valence-corrected chi connectivity index (χ2v) is 7.61. The lowest BCUT2D eigenvalue weighted by atomic mass is 9.97. The second kappa shape index (κ2) is 8.94. The minimum atomic E-state index is -4.84. The van der Waals surface area contributed by atoms with Crippen LogP contribution >= 0.6 is 0 Å². The summed E-state index contributed by atoms with van der Waals surface area (Å²) in [5.74, 6) is -1.61. The van der Waals surface area contributed by atoms with E-state index >= 15 is 0 Å². The lowest BCUT2D eigenvalue weighted by Crippen LogP contribution is -2.41. The Hall–Kier alpha value is -3.49. The molecule has 1 aromatic heterocycles. The number of rotatable bonds is 4. The number of aromatic nitrogens is 2. The van der Waals surface area contributed by atoms with Gasteiger partial charge in [0.2, 0.25) is 5.91 Å². The summed E-state index contributed by atoms with van der Waals surface area (Å²) >= 11 is 0. The Morgan fingerprint density at radius 1 is 1.03 bits per heavy atom. The van der Waals surface area contributed by atoms with Crippen LogP contribution in [0, 0.1) is 11.7 Å². The fraction of sp³-hybridized carbons (Fsp3) is 0.261. The summed E-state index contributed by atoms with van der Waals surface area (Å²) in [6, 6.07) is 15.8. The Morgan fingerprint density at radius 2 is 1.81 bits per heavy atom. The number of carbonyl (C=O) groups is 1. The predicted molar refractivity (Wildman–Crippen MR) is 112 cm³/mol. The first-order valence-corrected chi connectivity index (χ1v) is 10.1. The number of alkyl halides is 3. The van der Waals surface area contributed by atoms with Crippen molar-refractivity contribution < 1.29 is 22.4 Å². The smallest absolute Gasteiger partial charge is 0.354 e. The zero-order valence-electron chi connectivity index (χ0n) is 16.9. The molecule has 1 saturated heterocycles. The lowest BCUT2D eigenvalue weighted by Gasteiger charge is -2.32. The van der Waals surface area contributed by atoms with Gasteiger partial charge in [0.05, 0.1) is 17.2 Å². The molecule has 1 aliphatic heterocycles. The summed E-state index contributed by atoms with van der Waals surface area (Å²) in [5.41, 5.74) is 0.180. The second-order valence-electron chi connectivity index (χ2n) is 7.61.